The topological polar surface area (TPSA) is 66.5 Å². The van der Waals surface area contributed by atoms with Crippen LogP contribution in [0.1, 0.15) is 50.5 Å². The number of fused-ring (bicyclic) bond motifs is 1. The first-order valence-corrected chi connectivity index (χ1v) is 11.5. The molecule has 5 aliphatic rings. The second-order valence-electron chi connectivity index (χ2n) is 9.44. The van der Waals surface area contributed by atoms with Crippen LogP contribution in [0.5, 0.6) is 0 Å². The lowest BCUT2D eigenvalue weighted by Crippen LogP contribution is -2.53. The lowest BCUT2D eigenvalue weighted by Gasteiger charge is -2.38. The third-order valence-electron chi connectivity index (χ3n) is 7.63. The van der Waals surface area contributed by atoms with Gasteiger partial charge in [0.15, 0.2) is 0 Å². The van der Waals surface area contributed by atoms with Crippen molar-refractivity contribution in [1.82, 2.24) is 10.2 Å². The van der Waals surface area contributed by atoms with Crippen LogP contribution in [-0.2, 0) is 20.8 Å². The summed E-state index contributed by atoms with van der Waals surface area (Å²) in [6, 6.07) is 9.11. The Bertz CT molecular complexity index is 826. The molecule has 2 saturated carbocycles. The van der Waals surface area contributed by atoms with Gasteiger partial charge in [-0.2, -0.15) is 0 Å². The van der Waals surface area contributed by atoms with Crippen molar-refractivity contribution in [3.63, 3.8) is 0 Å². The van der Waals surface area contributed by atoms with Crippen LogP contribution in [0.4, 0.5) is 0 Å². The number of likely N-dealkylation sites (tertiary alicyclic amines) is 1. The molecule has 5 heteroatoms. The zero-order valence-electron chi connectivity index (χ0n) is 17.3. The van der Waals surface area contributed by atoms with E-state index >= 15 is 0 Å². The highest BCUT2D eigenvalue weighted by atomic mass is 16.2. The SMILES string of the molecule is O=C(NC1CCCCC1)[C@H](Cc1ccccc1)N1C(=O)[C@H]2[C@H](C1=O)[C@H]1C=C[C@H]2CC1. The predicted molar refractivity (Wildman–Crippen MR) is 113 cm³/mol. The average molecular weight is 407 g/mol. The Hall–Kier alpha value is -2.43. The van der Waals surface area contributed by atoms with Crippen molar-refractivity contribution in [1.29, 1.82) is 0 Å². The Morgan fingerprint density at radius 3 is 2.07 bits per heavy atom. The molecule has 5 atom stereocenters. The summed E-state index contributed by atoms with van der Waals surface area (Å²) in [5.74, 6) is -0.719. The van der Waals surface area contributed by atoms with Crippen molar-refractivity contribution in [3.8, 4) is 0 Å². The highest BCUT2D eigenvalue weighted by Gasteiger charge is 2.58. The summed E-state index contributed by atoms with van der Waals surface area (Å²) in [7, 11) is 0. The van der Waals surface area contributed by atoms with Gasteiger partial charge in [0, 0.05) is 12.5 Å². The minimum atomic E-state index is -0.765. The fourth-order valence-electron chi connectivity index (χ4n) is 6.09. The van der Waals surface area contributed by atoms with Crippen LogP contribution in [-0.4, -0.2) is 34.7 Å². The Balaban J connectivity index is 1.43. The normalized spacial score (nSPS) is 31.7. The van der Waals surface area contributed by atoms with E-state index in [-0.39, 0.29) is 47.4 Å². The van der Waals surface area contributed by atoms with Crippen LogP contribution in [0.3, 0.4) is 0 Å². The van der Waals surface area contributed by atoms with Crippen LogP contribution >= 0.6 is 0 Å². The van der Waals surface area contributed by atoms with Gasteiger partial charge in [0.2, 0.25) is 17.7 Å². The second kappa shape index (κ2) is 8.01. The van der Waals surface area contributed by atoms with Gasteiger partial charge in [-0.15, -0.1) is 0 Å². The standard InChI is InChI=1S/C25H30N2O3/c28-23(26-19-9-5-2-6-10-19)20(15-16-7-3-1-4-8-16)27-24(29)21-17-11-12-18(14-13-17)22(21)25(27)30/h1,3-4,7-8,11-12,17-22H,2,5-6,9-10,13-15H2,(H,26,28)/t17-,18-,20-,21+,22+/m0/s1. The number of imide groups is 1. The second-order valence-corrected chi connectivity index (χ2v) is 9.44. The molecule has 1 aromatic carbocycles. The van der Waals surface area contributed by atoms with E-state index in [9.17, 15) is 14.4 Å². The van der Waals surface area contributed by atoms with Crippen molar-refractivity contribution in [2.45, 2.75) is 63.5 Å². The maximum atomic E-state index is 13.5. The number of carbonyl (C=O) groups excluding carboxylic acids is 3. The van der Waals surface area contributed by atoms with E-state index in [0.29, 0.717) is 6.42 Å². The molecule has 1 heterocycles. The zero-order valence-corrected chi connectivity index (χ0v) is 17.3. The summed E-state index contributed by atoms with van der Waals surface area (Å²) < 4.78 is 0. The minimum absolute atomic E-state index is 0.135. The summed E-state index contributed by atoms with van der Waals surface area (Å²) in [5.41, 5.74) is 0.970. The number of allylic oxidation sites excluding steroid dienone is 2. The van der Waals surface area contributed by atoms with Crippen LogP contribution in [0.2, 0.25) is 0 Å². The Morgan fingerprint density at radius 1 is 0.900 bits per heavy atom. The smallest absolute Gasteiger partial charge is 0.243 e. The minimum Gasteiger partial charge on any atom is -0.352 e. The summed E-state index contributed by atoms with van der Waals surface area (Å²) in [4.78, 5) is 41.7. The summed E-state index contributed by atoms with van der Waals surface area (Å²) in [6.07, 6.45) is 12.0. The van der Waals surface area contributed by atoms with Gasteiger partial charge in [-0.05, 0) is 43.1 Å². The molecule has 30 heavy (non-hydrogen) atoms. The summed E-state index contributed by atoms with van der Waals surface area (Å²) >= 11 is 0. The van der Waals surface area contributed by atoms with E-state index in [2.05, 4.69) is 17.5 Å². The molecule has 2 bridgehead atoms. The van der Waals surface area contributed by atoms with Crippen molar-refractivity contribution in [2.75, 3.05) is 0 Å². The molecule has 6 rings (SSSR count). The van der Waals surface area contributed by atoms with E-state index in [4.69, 9.17) is 0 Å². The monoisotopic (exact) mass is 406 g/mol. The van der Waals surface area contributed by atoms with Gasteiger partial charge in [-0.25, -0.2) is 0 Å². The molecule has 1 N–H and O–H groups in total. The maximum Gasteiger partial charge on any atom is 0.243 e. The third kappa shape index (κ3) is 3.38. The molecule has 3 fully saturated rings. The molecule has 1 saturated heterocycles. The quantitative estimate of drug-likeness (QED) is 0.603. The first kappa shape index (κ1) is 19.5. The van der Waals surface area contributed by atoms with Crippen molar-refractivity contribution in [3.05, 3.63) is 48.0 Å². The van der Waals surface area contributed by atoms with Crippen molar-refractivity contribution in [2.24, 2.45) is 23.7 Å². The van der Waals surface area contributed by atoms with Crippen LogP contribution in [0.25, 0.3) is 0 Å². The van der Waals surface area contributed by atoms with E-state index in [0.717, 1.165) is 44.1 Å². The summed E-state index contributed by atoms with van der Waals surface area (Å²) in [6.45, 7) is 0. The average Bonchev–Trinajstić information content (AvgIpc) is 3.07. The number of nitrogens with one attached hydrogen (secondary N) is 1. The Morgan fingerprint density at radius 2 is 1.50 bits per heavy atom. The van der Waals surface area contributed by atoms with E-state index in [1.165, 1.54) is 11.3 Å². The lowest BCUT2D eigenvalue weighted by molar-refractivity contribution is -0.148. The molecule has 4 aliphatic carbocycles. The van der Waals surface area contributed by atoms with E-state index in [1.54, 1.807) is 0 Å². The molecule has 0 spiro atoms. The summed E-state index contributed by atoms with van der Waals surface area (Å²) in [5, 5.41) is 3.18. The Kier molecular flexibility index (Phi) is 5.21. The predicted octanol–water partition coefficient (Wildman–Crippen LogP) is 3.24. The molecule has 0 unspecified atom stereocenters. The molecular formula is C25H30N2O3. The number of amides is 3. The van der Waals surface area contributed by atoms with E-state index < -0.39 is 6.04 Å². The van der Waals surface area contributed by atoms with Gasteiger partial charge in [0.05, 0.1) is 11.8 Å². The highest BCUT2D eigenvalue weighted by Crippen LogP contribution is 2.50. The molecule has 3 amide bonds. The highest BCUT2D eigenvalue weighted by molar-refractivity contribution is 6.09. The fraction of sp³-hybridized carbons (Fsp3) is 0.560. The molecule has 1 aromatic rings. The van der Waals surface area contributed by atoms with Gasteiger partial charge >= 0.3 is 0 Å². The molecule has 0 aromatic heterocycles. The maximum absolute atomic E-state index is 13.5. The van der Waals surface area contributed by atoms with Gasteiger partial charge in [0.25, 0.3) is 0 Å². The number of benzene rings is 1. The lowest BCUT2D eigenvalue weighted by atomic mass is 9.63. The number of carbonyl (C=O) groups is 3. The molecule has 158 valence electrons. The van der Waals surface area contributed by atoms with Crippen LogP contribution in [0, 0.1) is 23.7 Å². The zero-order chi connectivity index (χ0) is 20.7. The van der Waals surface area contributed by atoms with Gasteiger partial charge < -0.3 is 5.32 Å². The van der Waals surface area contributed by atoms with E-state index in [1.807, 2.05) is 30.3 Å². The molecule has 5 nitrogen and oxygen atoms in total. The molecule has 0 radical (unpaired) electrons. The van der Waals surface area contributed by atoms with Gasteiger partial charge in [-0.3, -0.25) is 19.3 Å². The number of rotatable bonds is 5. The fourth-order valence-corrected chi connectivity index (χ4v) is 6.09. The number of hydrogen-bond acceptors (Lipinski definition) is 3. The van der Waals surface area contributed by atoms with Gasteiger partial charge in [0.1, 0.15) is 6.04 Å². The Labute approximate surface area is 177 Å². The number of nitrogens with zero attached hydrogens (tertiary/aromatic N) is 1. The molecule has 1 aliphatic heterocycles. The van der Waals surface area contributed by atoms with Crippen molar-refractivity contribution < 1.29 is 14.4 Å². The van der Waals surface area contributed by atoms with Crippen LogP contribution < -0.4 is 5.32 Å². The van der Waals surface area contributed by atoms with Crippen molar-refractivity contribution >= 4 is 17.7 Å². The van der Waals surface area contributed by atoms with Gasteiger partial charge in [-0.1, -0.05) is 61.7 Å². The third-order valence-corrected chi connectivity index (χ3v) is 7.63. The largest absolute Gasteiger partial charge is 0.352 e. The first-order valence-electron chi connectivity index (χ1n) is 11.5. The molecular weight excluding hydrogens is 376 g/mol. The van der Waals surface area contributed by atoms with Crippen LogP contribution in [0.15, 0.2) is 42.5 Å². The first-order chi connectivity index (χ1) is 14.6. The number of hydrogen-bond donors (Lipinski definition) is 1.